The largest absolute Gasteiger partial charge is 0.479 e. The van der Waals surface area contributed by atoms with E-state index in [-0.39, 0.29) is 46.8 Å². The summed E-state index contributed by atoms with van der Waals surface area (Å²) in [5.41, 5.74) is 10.7. The first-order valence-electron chi connectivity index (χ1n) is 46.0. The molecule has 30 nitrogen and oxygen atoms in total. The van der Waals surface area contributed by atoms with Crippen LogP contribution in [0.1, 0.15) is 274 Å². The van der Waals surface area contributed by atoms with Gasteiger partial charge in [0.15, 0.2) is 22.8 Å². The van der Waals surface area contributed by atoms with Gasteiger partial charge in [0, 0.05) is 85.5 Å². The zero-order valence-electron chi connectivity index (χ0n) is 71.6. The first-order valence-corrected chi connectivity index (χ1v) is 46.0. The van der Waals surface area contributed by atoms with E-state index in [1.807, 2.05) is 65.2 Å². The Morgan fingerprint density at radius 3 is 1.01 bits per heavy atom. The third-order valence-corrected chi connectivity index (χ3v) is 30.0. The van der Waals surface area contributed by atoms with Crippen molar-refractivity contribution in [1.82, 2.24) is 48.7 Å². The second-order valence-corrected chi connectivity index (χ2v) is 38.2. The predicted molar refractivity (Wildman–Crippen MR) is 464 cm³/mol. The number of hydrogen-bond acceptors (Lipinski definition) is 21. The van der Waals surface area contributed by atoms with Crippen molar-refractivity contribution in [2.75, 3.05) is 13.7 Å². The van der Waals surface area contributed by atoms with Crippen molar-refractivity contribution in [3.8, 4) is 0 Å². The standard InChI is InChI=1S/C32H43N5O5.C31H41N5O5.C30H39N5O5/c1-18(2)29(30(33)38)42-35-28(32(40)41)27-31(39)37(26-12-4-3-11-25(26)34-27)24-16-21-9-6-10-22(17-24)36(21)23-14-19-7-5-8-20(13-19)15-23;1-32-30(39)28(34-41-18-27(37)38)29-31(40)36(26-12-5-4-11-25(26)33-29)24-16-21-9-6-10-22(17-24)35(21)23-14-19-7-2-3-8-20(13-19)15-23;1-17(28(31)36)40-33-27(30(38)39)26-29(37)35(25-11-3-2-10-24(25)32-26)23-15-20-8-5-9-21(16-23)34(20)22-13-18-6-4-7-19(12-18)14-22/h3-4,11-12,18-24,29H,5-10,13-17H2,1-2H3,(H2,33,38)(H,40,41);4-5,11-12,19-24H,2-3,6-10,13-18H2,1H3,(H,32,39)(H,37,38);2-3,10-11,17-23H,4-9,12-16H2,1H3,(H2,31,36)(H,38,39)/b35-28-;34-28-;33-27-. The quantitative estimate of drug-likeness (QED) is 0.0271. The number of para-hydroxylation sites is 6. The molecular formula is C93H123N15O15. The molecule has 0 radical (unpaired) electrons. The number of carboxylic acid groups (broad SMARTS) is 3. The second kappa shape index (κ2) is 37.9. The number of piperidine rings is 6. The van der Waals surface area contributed by atoms with Crippen LogP contribution in [-0.4, -0.2) is 192 Å². The lowest BCUT2D eigenvalue weighted by Crippen LogP contribution is -2.58. The average molecular weight is 1690 g/mol. The highest BCUT2D eigenvalue weighted by atomic mass is 16.6. The number of nitrogens with zero attached hydrogens (tertiary/aromatic N) is 12. The molecule has 6 saturated heterocycles. The summed E-state index contributed by atoms with van der Waals surface area (Å²) in [6.07, 6.45) is 39.2. The molecule has 6 aliphatic carbocycles. The number of oxime groups is 3. The number of carboxylic acids is 3. The first kappa shape index (κ1) is 86.7. The second-order valence-electron chi connectivity index (χ2n) is 38.2. The van der Waals surface area contributed by atoms with E-state index >= 15 is 0 Å². The molecule has 18 rings (SSSR count). The molecule has 6 aromatic rings. The molecule has 12 bridgehead atoms. The van der Waals surface area contributed by atoms with Crippen LogP contribution in [0, 0.1) is 41.4 Å². The number of carbonyl (C=O) groups is 6. The highest BCUT2D eigenvalue weighted by Crippen LogP contribution is 2.52. The lowest BCUT2D eigenvalue weighted by Gasteiger charge is -2.55. The van der Waals surface area contributed by atoms with Gasteiger partial charge in [-0.25, -0.2) is 29.3 Å². The minimum atomic E-state index is -1.46. The summed E-state index contributed by atoms with van der Waals surface area (Å²) in [5.74, 6) is -1.55. The Bertz CT molecular complexity index is 5140. The maximum atomic E-state index is 14.2. The smallest absolute Gasteiger partial charge is 0.360 e. The number of benzene rings is 3. The summed E-state index contributed by atoms with van der Waals surface area (Å²) < 4.78 is 5.35. The number of nitrogens with two attached hydrogens (primary N) is 2. The van der Waals surface area contributed by atoms with E-state index in [0.717, 1.165) is 118 Å². The van der Waals surface area contributed by atoms with Gasteiger partial charge in [-0.3, -0.25) is 43.5 Å². The number of likely N-dealkylation sites (N-methyl/N-ethyl adjacent to an activating group) is 1. The number of fused-ring (bicyclic) bond motifs is 15. The van der Waals surface area contributed by atoms with Crippen LogP contribution in [-0.2, 0) is 43.3 Å². The molecule has 9 heterocycles. The van der Waals surface area contributed by atoms with Crippen LogP contribution in [0.5, 0.6) is 0 Å². The Morgan fingerprint density at radius 2 is 0.707 bits per heavy atom. The third-order valence-electron chi connectivity index (χ3n) is 30.0. The van der Waals surface area contributed by atoms with Gasteiger partial charge in [0.05, 0.1) is 33.1 Å². The van der Waals surface area contributed by atoms with Crippen LogP contribution >= 0.6 is 0 Å². The maximum Gasteiger partial charge on any atom is 0.360 e. The Morgan fingerprint density at radius 1 is 0.398 bits per heavy atom. The average Bonchev–Trinajstić information content (AvgIpc) is 1.04. The number of nitrogens with one attached hydrogen (secondary N) is 1. The SMILES string of the molecule is CC(C)C(O/N=C(\C(=O)O)c1nc2ccccc2n(C2CC3CCCC(C2)N3C2CC3CCCC(C3)C2)c1=O)C(N)=O.CC(O/N=C(\C(=O)O)c1nc2ccccc2n(C2CC3CCCC(C2)N3C2CC3CCCC(C3)C2)c1=O)C(N)=O.CNC(=O)/C(=N\OCC(=O)O)c1nc2ccccc2n(C2CC3CCCC(C2)N3C2CC3CCCCC(C3)C2)c1=O. The summed E-state index contributed by atoms with van der Waals surface area (Å²) in [6, 6.07) is 26.5. The Balaban J connectivity index is 0.000000137. The molecule has 3 aromatic carbocycles. The summed E-state index contributed by atoms with van der Waals surface area (Å²) in [7, 11) is 1.42. The molecule has 6 saturated carbocycles. The summed E-state index contributed by atoms with van der Waals surface area (Å²) in [5, 5.41) is 42.7. The van der Waals surface area contributed by atoms with Crippen molar-refractivity contribution in [2.24, 2.45) is 68.4 Å². The van der Waals surface area contributed by atoms with Gasteiger partial charge in [-0.1, -0.05) is 149 Å². The van der Waals surface area contributed by atoms with Crippen LogP contribution in [0.4, 0.5) is 0 Å². The van der Waals surface area contributed by atoms with Gasteiger partial charge in [0.25, 0.3) is 34.4 Å². The highest BCUT2D eigenvalue weighted by molar-refractivity contribution is 6.45. The molecule has 123 heavy (non-hydrogen) atoms. The van der Waals surface area contributed by atoms with E-state index in [0.29, 0.717) is 82.0 Å². The molecule has 660 valence electrons. The number of amides is 3. The van der Waals surface area contributed by atoms with Gasteiger partial charge in [0.1, 0.15) is 0 Å². The Kier molecular flexibility index (Phi) is 26.7. The normalized spacial score (nSPS) is 30.9. The zero-order valence-corrected chi connectivity index (χ0v) is 71.6. The van der Waals surface area contributed by atoms with Crippen molar-refractivity contribution in [2.45, 2.75) is 324 Å². The topological polar surface area (TPSA) is 406 Å². The highest BCUT2D eigenvalue weighted by Gasteiger charge is 2.50. The third kappa shape index (κ3) is 18.7. The van der Waals surface area contributed by atoms with E-state index < -0.39 is 82.5 Å². The maximum absolute atomic E-state index is 14.2. The molecule has 6 aliphatic heterocycles. The summed E-state index contributed by atoms with van der Waals surface area (Å²) in [4.78, 5) is 151. The van der Waals surface area contributed by atoms with Crippen molar-refractivity contribution in [3.63, 3.8) is 0 Å². The predicted octanol–water partition coefficient (Wildman–Crippen LogP) is 11.7. The van der Waals surface area contributed by atoms with Crippen molar-refractivity contribution in [1.29, 1.82) is 0 Å². The van der Waals surface area contributed by atoms with E-state index in [2.05, 4.69) is 50.4 Å². The molecule has 14 atom stereocenters. The van der Waals surface area contributed by atoms with Gasteiger partial charge in [0.2, 0.25) is 30.2 Å². The van der Waals surface area contributed by atoms with Crippen LogP contribution in [0.2, 0.25) is 0 Å². The molecule has 12 aliphatic rings. The molecule has 30 heteroatoms. The van der Waals surface area contributed by atoms with E-state index in [1.165, 1.54) is 155 Å². The van der Waals surface area contributed by atoms with Crippen molar-refractivity contribution in [3.05, 3.63) is 121 Å². The minimum Gasteiger partial charge on any atom is -0.479 e. The molecule has 12 fully saturated rings. The molecule has 3 amide bonds. The Labute approximate surface area is 716 Å². The number of aliphatic carboxylic acids is 3. The number of primary amides is 2. The fraction of sp³-hybridized carbons (Fsp3) is 0.645. The van der Waals surface area contributed by atoms with Gasteiger partial charge in [-0.05, 0) is 214 Å². The summed E-state index contributed by atoms with van der Waals surface area (Å²) in [6.45, 7) is 4.07. The molecule has 8 N–H and O–H groups in total. The summed E-state index contributed by atoms with van der Waals surface area (Å²) >= 11 is 0. The van der Waals surface area contributed by atoms with Gasteiger partial charge in [-0.15, -0.1) is 0 Å². The van der Waals surface area contributed by atoms with Crippen LogP contribution in [0.25, 0.3) is 33.1 Å². The minimum absolute atomic E-state index is 0.0301. The number of carbonyl (C=O) groups excluding carboxylic acids is 3. The van der Waals surface area contributed by atoms with Crippen LogP contribution in [0.15, 0.2) is 103 Å². The lowest BCUT2D eigenvalue weighted by molar-refractivity contribution is -0.142. The first-order chi connectivity index (χ1) is 59.4. The van der Waals surface area contributed by atoms with Gasteiger partial charge in [-0.2, -0.15) is 0 Å². The van der Waals surface area contributed by atoms with E-state index in [9.17, 15) is 53.4 Å². The number of rotatable bonds is 22. The molecular weight excluding hydrogens is 1570 g/mol. The molecule has 0 spiro atoms. The monoisotopic (exact) mass is 1690 g/mol. The van der Waals surface area contributed by atoms with Gasteiger partial charge < -0.3 is 60.3 Å². The molecule has 3 aromatic heterocycles. The van der Waals surface area contributed by atoms with Crippen molar-refractivity contribution < 1.29 is 58.6 Å². The Hall–Kier alpha value is -9.81. The fourth-order valence-corrected chi connectivity index (χ4v) is 25.2. The zero-order chi connectivity index (χ0) is 86.0. The number of aromatic nitrogens is 6. The fourth-order valence-electron chi connectivity index (χ4n) is 25.2. The van der Waals surface area contributed by atoms with E-state index in [1.54, 1.807) is 35.1 Å². The molecule has 14 unspecified atom stereocenters. The van der Waals surface area contributed by atoms with Crippen LogP contribution in [0.3, 0.4) is 0 Å². The van der Waals surface area contributed by atoms with Gasteiger partial charge >= 0.3 is 17.9 Å². The van der Waals surface area contributed by atoms with Crippen LogP contribution < -0.4 is 33.5 Å². The van der Waals surface area contributed by atoms with E-state index in [4.69, 9.17) is 31.1 Å². The lowest BCUT2D eigenvalue weighted by atomic mass is 9.68. The number of hydrogen-bond donors (Lipinski definition) is 6. The van der Waals surface area contributed by atoms with Crippen molar-refractivity contribution >= 4 is 85.9 Å².